The maximum atomic E-state index is 15.1. The third-order valence-corrected chi connectivity index (χ3v) is 8.29. The van der Waals surface area contributed by atoms with Crippen LogP contribution in [0.2, 0.25) is 5.02 Å². The minimum Gasteiger partial charge on any atom is -0.350 e. The van der Waals surface area contributed by atoms with Crippen LogP contribution in [0.4, 0.5) is 23.4 Å². The van der Waals surface area contributed by atoms with Crippen molar-refractivity contribution in [2.45, 2.75) is 30.2 Å². The van der Waals surface area contributed by atoms with E-state index in [2.05, 4.69) is 14.9 Å². The largest absolute Gasteiger partial charge is 0.350 e. The van der Waals surface area contributed by atoms with E-state index in [0.29, 0.717) is 12.8 Å². The molecule has 2 aromatic carbocycles. The second-order valence-corrected chi connectivity index (χ2v) is 11.4. The molecule has 1 aliphatic heterocycles. The normalized spacial score (nSPS) is 17.2. The number of halogens is 5. The fourth-order valence-electron chi connectivity index (χ4n) is 4.56. The Morgan fingerprint density at radius 1 is 1.03 bits per heavy atom. The summed E-state index contributed by atoms with van der Waals surface area (Å²) in [7, 11) is -4.16. The number of anilines is 1. The second-order valence-electron chi connectivity index (χ2n) is 9.32. The van der Waals surface area contributed by atoms with E-state index >= 15 is 4.39 Å². The van der Waals surface area contributed by atoms with Crippen LogP contribution in [-0.2, 0) is 10.0 Å². The predicted molar refractivity (Wildman–Crippen MR) is 134 cm³/mol. The lowest BCUT2D eigenvalue weighted by atomic mass is 10.1. The minimum absolute atomic E-state index is 0.0362. The molecule has 1 aromatic heterocycles. The molecule has 1 aliphatic carbocycles. The van der Waals surface area contributed by atoms with Gasteiger partial charge in [0.2, 0.25) is 0 Å². The van der Waals surface area contributed by atoms with Gasteiger partial charge in [0.15, 0.2) is 17.5 Å². The predicted octanol–water partition coefficient (Wildman–Crippen LogP) is 4.59. The van der Waals surface area contributed by atoms with Crippen molar-refractivity contribution in [2.24, 2.45) is 5.10 Å². The number of hydrazone groups is 1. The molecule has 0 radical (unpaired) electrons. The van der Waals surface area contributed by atoms with Gasteiger partial charge in [-0.1, -0.05) is 29.3 Å². The van der Waals surface area contributed by atoms with Crippen LogP contribution in [0.1, 0.15) is 24.0 Å². The van der Waals surface area contributed by atoms with Gasteiger partial charge in [-0.2, -0.15) is 13.2 Å². The van der Waals surface area contributed by atoms with Crippen molar-refractivity contribution in [3.05, 3.63) is 88.1 Å². The average molecular weight is 568 g/mol. The van der Waals surface area contributed by atoms with Gasteiger partial charge >= 0.3 is 0 Å². The Morgan fingerprint density at radius 2 is 1.71 bits per heavy atom. The molecule has 5 rings (SSSR count). The molecule has 2 fully saturated rings. The fourth-order valence-corrected chi connectivity index (χ4v) is 5.60. The van der Waals surface area contributed by atoms with Crippen molar-refractivity contribution in [1.29, 1.82) is 0 Å². The minimum atomic E-state index is -4.16. The molecule has 1 saturated carbocycles. The number of sulfonamides is 1. The number of amidine groups is 1. The van der Waals surface area contributed by atoms with Gasteiger partial charge in [-0.3, -0.25) is 0 Å². The van der Waals surface area contributed by atoms with Crippen LogP contribution in [-0.4, -0.2) is 49.3 Å². The first-order valence-corrected chi connectivity index (χ1v) is 13.5. The molecule has 0 amide bonds. The summed E-state index contributed by atoms with van der Waals surface area (Å²) in [6.45, 7) is 2.29. The first kappa shape index (κ1) is 26.2. The van der Waals surface area contributed by atoms with Crippen LogP contribution in [0.3, 0.4) is 0 Å². The van der Waals surface area contributed by atoms with E-state index in [1.165, 1.54) is 12.1 Å². The maximum absolute atomic E-state index is 15.1. The van der Waals surface area contributed by atoms with Crippen molar-refractivity contribution in [2.75, 3.05) is 24.5 Å². The van der Waals surface area contributed by atoms with Gasteiger partial charge in [0.1, 0.15) is 17.5 Å². The highest BCUT2D eigenvalue weighted by Crippen LogP contribution is 2.46. The number of piperazine rings is 1. The van der Waals surface area contributed by atoms with E-state index in [-0.39, 0.29) is 36.2 Å². The van der Waals surface area contributed by atoms with Gasteiger partial charge in [-0.25, -0.2) is 22.5 Å². The number of pyridine rings is 1. The summed E-state index contributed by atoms with van der Waals surface area (Å²) in [4.78, 5) is 9.23. The SMILES string of the molecule is Cc1ccc(S(=O)(=O)N/N=C(/c2c(F)ccc(F)c2Cl)N2CCN(c3ncc(F)cc3F)CC23CC3)cc1. The van der Waals surface area contributed by atoms with E-state index < -0.39 is 49.4 Å². The summed E-state index contributed by atoms with van der Waals surface area (Å²) >= 11 is 6.17. The summed E-state index contributed by atoms with van der Waals surface area (Å²) in [5.41, 5.74) is -0.261. The number of aromatic nitrogens is 1. The Balaban J connectivity index is 1.53. The van der Waals surface area contributed by atoms with Crippen molar-refractivity contribution >= 4 is 33.3 Å². The first-order valence-electron chi connectivity index (χ1n) is 11.6. The first-order chi connectivity index (χ1) is 18.0. The lowest BCUT2D eigenvalue weighted by Gasteiger charge is -2.44. The highest BCUT2D eigenvalue weighted by molar-refractivity contribution is 7.89. The zero-order chi connectivity index (χ0) is 27.2. The Bertz CT molecular complexity index is 1530. The van der Waals surface area contributed by atoms with Gasteiger partial charge in [-0.15, -0.1) is 5.10 Å². The van der Waals surface area contributed by atoms with E-state index in [4.69, 9.17) is 11.6 Å². The van der Waals surface area contributed by atoms with Gasteiger partial charge in [0.05, 0.1) is 27.2 Å². The molecule has 200 valence electrons. The average Bonchev–Trinajstić information content (AvgIpc) is 3.63. The van der Waals surface area contributed by atoms with E-state index in [1.807, 2.05) is 0 Å². The molecule has 1 saturated heterocycles. The molecular weight excluding hydrogens is 546 g/mol. The summed E-state index contributed by atoms with van der Waals surface area (Å²) in [5.74, 6) is -3.67. The molecule has 38 heavy (non-hydrogen) atoms. The standard InChI is InChI=1S/C25H22ClF4N5O2S/c1-15-2-4-17(5-3-15)38(36,37)33-32-24(21-18(28)6-7-19(29)22(21)26)35-11-10-34(14-25(35)8-9-25)23-20(30)12-16(27)13-31-23/h2-7,12-13,33H,8-11,14H2,1H3/b32-24-. The van der Waals surface area contributed by atoms with Crippen LogP contribution in [0, 0.1) is 30.2 Å². The van der Waals surface area contributed by atoms with Crippen LogP contribution >= 0.6 is 11.6 Å². The number of nitrogens with zero attached hydrogens (tertiary/aromatic N) is 4. The molecule has 1 N–H and O–H groups in total. The van der Waals surface area contributed by atoms with Gasteiger partial charge in [0, 0.05) is 25.7 Å². The number of hydrogen-bond acceptors (Lipinski definition) is 5. The molecule has 2 heterocycles. The molecule has 0 unspecified atom stereocenters. The third kappa shape index (κ3) is 4.90. The van der Waals surface area contributed by atoms with Crippen molar-refractivity contribution in [3.8, 4) is 0 Å². The van der Waals surface area contributed by atoms with E-state index in [1.54, 1.807) is 28.9 Å². The van der Waals surface area contributed by atoms with Gasteiger partial charge in [0.25, 0.3) is 10.0 Å². The van der Waals surface area contributed by atoms with Gasteiger partial charge < -0.3 is 9.80 Å². The van der Waals surface area contributed by atoms with Gasteiger partial charge in [-0.05, 0) is 44.0 Å². The summed E-state index contributed by atoms with van der Waals surface area (Å²) in [6.07, 6.45) is 2.06. The number of rotatable bonds is 5. The third-order valence-electron chi connectivity index (χ3n) is 6.69. The van der Waals surface area contributed by atoms with E-state index in [0.717, 1.165) is 30.0 Å². The Labute approximate surface area is 221 Å². The lowest BCUT2D eigenvalue weighted by molar-refractivity contribution is 0.257. The highest BCUT2D eigenvalue weighted by Gasteiger charge is 2.53. The molecule has 7 nitrogen and oxygen atoms in total. The number of hydrogen-bond donors (Lipinski definition) is 1. The van der Waals surface area contributed by atoms with Crippen LogP contribution < -0.4 is 9.73 Å². The van der Waals surface area contributed by atoms with Crippen molar-refractivity contribution in [1.82, 2.24) is 14.7 Å². The molecule has 1 spiro atoms. The number of aryl methyl sites for hydroxylation is 1. The van der Waals surface area contributed by atoms with Crippen LogP contribution in [0.25, 0.3) is 0 Å². The Hall–Kier alpha value is -3.38. The molecule has 13 heteroatoms. The Kier molecular flexibility index (Phi) is 6.72. The fraction of sp³-hybridized carbons (Fsp3) is 0.280. The highest BCUT2D eigenvalue weighted by atomic mass is 35.5. The molecular formula is C25H22ClF4N5O2S. The molecule has 2 aliphatic rings. The summed E-state index contributed by atoms with van der Waals surface area (Å²) in [5, 5.41) is 3.52. The monoisotopic (exact) mass is 567 g/mol. The zero-order valence-corrected chi connectivity index (χ0v) is 21.6. The zero-order valence-electron chi connectivity index (χ0n) is 20.1. The lowest BCUT2D eigenvalue weighted by Crippen LogP contribution is -2.58. The number of nitrogens with one attached hydrogen (secondary N) is 1. The van der Waals surface area contributed by atoms with E-state index in [9.17, 15) is 21.6 Å². The molecule has 0 bridgehead atoms. The molecule has 0 atom stereocenters. The smallest absolute Gasteiger partial charge is 0.276 e. The quantitative estimate of drug-likeness (QED) is 0.160. The number of benzene rings is 2. The Morgan fingerprint density at radius 3 is 2.37 bits per heavy atom. The topological polar surface area (TPSA) is 77.9 Å². The van der Waals surface area contributed by atoms with Crippen molar-refractivity contribution < 1.29 is 26.0 Å². The maximum Gasteiger partial charge on any atom is 0.276 e. The van der Waals surface area contributed by atoms with Crippen LogP contribution in [0.5, 0.6) is 0 Å². The summed E-state index contributed by atoms with van der Waals surface area (Å²) in [6, 6.07) is 8.51. The molecule has 3 aromatic rings. The summed E-state index contributed by atoms with van der Waals surface area (Å²) < 4.78 is 83.3. The van der Waals surface area contributed by atoms with Crippen molar-refractivity contribution in [3.63, 3.8) is 0 Å². The van der Waals surface area contributed by atoms with Crippen LogP contribution in [0.15, 0.2) is 58.7 Å². The second kappa shape index (κ2) is 9.73.